The number of carbonyl (C=O) groups excluding carboxylic acids is 1. The van der Waals surface area contributed by atoms with E-state index in [1.807, 2.05) is 44.2 Å². The third kappa shape index (κ3) is 4.05. The molecule has 0 aliphatic heterocycles. The Labute approximate surface area is 121 Å². The third-order valence-corrected chi connectivity index (χ3v) is 4.05. The number of aliphatic hydroxyl groups excluding tert-OH is 1. The first-order valence-electron chi connectivity index (χ1n) is 7.08. The molecule has 0 spiro atoms. The van der Waals surface area contributed by atoms with Crippen LogP contribution in [0, 0.1) is 5.41 Å². The Morgan fingerprint density at radius 2 is 1.90 bits per heavy atom. The molecular weight excluding hydrogens is 254 g/mol. The fraction of sp³-hybridized carbons (Fsp3) is 0.562. The molecule has 0 heterocycles. The van der Waals surface area contributed by atoms with Crippen LogP contribution in [0.2, 0.25) is 0 Å². The van der Waals surface area contributed by atoms with E-state index >= 15 is 0 Å². The van der Waals surface area contributed by atoms with Crippen LogP contribution >= 0.6 is 0 Å². The molecule has 1 aromatic rings. The summed E-state index contributed by atoms with van der Waals surface area (Å²) >= 11 is 0. The van der Waals surface area contributed by atoms with Gasteiger partial charge in [-0.2, -0.15) is 0 Å². The van der Waals surface area contributed by atoms with E-state index in [1.165, 1.54) is 7.11 Å². The van der Waals surface area contributed by atoms with Gasteiger partial charge in [0.05, 0.1) is 6.61 Å². The van der Waals surface area contributed by atoms with Crippen molar-refractivity contribution in [2.45, 2.75) is 32.8 Å². The molecular formula is C16H25NO3. The summed E-state index contributed by atoms with van der Waals surface area (Å²) in [5, 5.41) is 12.4. The average Bonchev–Trinajstić information content (AvgIpc) is 2.51. The van der Waals surface area contributed by atoms with Crippen molar-refractivity contribution in [1.82, 2.24) is 5.32 Å². The fourth-order valence-electron chi connectivity index (χ4n) is 2.17. The average molecular weight is 279 g/mol. The smallest absolute Gasteiger partial charge is 0.253 e. The number of ether oxygens (including phenoxy) is 1. The van der Waals surface area contributed by atoms with Gasteiger partial charge in [0.15, 0.2) is 6.10 Å². The van der Waals surface area contributed by atoms with Crippen LogP contribution in [-0.4, -0.2) is 31.3 Å². The molecule has 112 valence electrons. The van der Waals surface area contributed by atoms with Gasteiger partial charge in [0.2, 0.25) is 0 Å². The van der Waals surface area contributed by atoms with E-state index < -0.39 is 6.10 Å². The van der Waals surface area contributed by atoms with E-state index in [9.17, 15) is 9.90 Å². The van der Waals surface area contributed by atoms with Crippen LogP contribution in [0.15, 0.2) is 30.3 Å². The lowest BCUT2D eigenvalue weighted by Crippen LogP contribution is -2.41. The van der Waals surface area contributed by atoms with Crippen LogP contribution in [-0.2, 0) is 9.53 Å². The Morgan fingerprint density at radius 3 is 2.35 bits per heavy atom. The molecule has 0 aliphatic carbocycles. The molecule has 2 N–H and O–H groups in total. The summed E-state index contributed by atoms with van der Waals surface area (Å²) in [6, 6.07) is 9.40. The summed E-state index contributed by atoms with van der Waals surface area (Å²) in [7, 11) is 1.52. The van der Waals surface area contributed by atoms with Crippen molar-refractivity contribution in [3.63, 3.8) is 0 Å². The molecule has 1 aromatic carbocycles. The van der Waals surface area contributed by atoms with Gasteiger partial charge in [-0.05, 0) is 18.4 Å². The molecule has 4 heteroatoms. The number of carbonyl (C=O) groups is 1. The molecule has 0 aliphatic rings. The van der Waals surface area contributed by atoms with Gasteiger partial charge in [-0.3, -0.25) is 4.79 Å². The predicted octanol–water partition coefficient (Wildman–Crippen LogP) is 2.29. The molecule has 0 radical (unpaired) electrons. The number of aliphatic hydroxyl groups is 1. The maximum absolute atomic E-state index is 12.3. The SMILES string of the molecule is CCC(CC)(CO)CNC(=O)C(OC)c1ccccc1. The molecule has 0 aromatic heterocycles. The summed E-state index contributed by atoms with van der Waals surface area (Å²) in [5.74, 6) is -0.168. The van der Waals surface area contributed by atoms with Gasteiger partial charge in [0.1, 0.15) is 0 Å². The highest BCUT2D eigenvalue weighted by atomic mass is 16.5. The highest BCUT2D eigenvalue weighted by Crippen LogP contribution is 2.25. The second-order valence-electron chi connectivity index (χ2n) is 5.11. The first kappa shape index (κ1) is 16.7. The largest absolute Gasteiger partial charge is 0.396 e. The lowest BCUT2D eigenvalue weighted by Gasteiger charge is -2.30. The van der Waals surface area contributed by atoms with E-state index in [0.717, 1.165) is 18.4 Å². The zero-order chi connectivity index (χ0) is 15.0. The van der Waals surface area contributed by atoms with Crippen LogP contribution < -0.4 is 5.32 Å². The Balaban J connectivity index is 2.69. The number of rotatable bonds is 8. The van der Waals surface area contributed by atoms with Crippen LogP contribution in [0.1, 0.15) is 38.4 Å². The summed E-state index contributed by atoms with van der Waals surface area (Å²) in [6.45, 7) is 4.58. The van der Waals surface area contributed by atoms with Crippen LogP contribution in [0.25, 0.3) is 0 Å². The molecule has 1 atom stereocenters. The number of hydrogen-bond acceptors (Lipinski definition) is 3. The van der Waals surface area contributed by atoms with E-state index in [2.05, 4.69) is 5.32 Å². The van der Waals surface area contributed by atoms with Crippen molar-refractivity contribution in [2.75, 3.05) is 20.3 Å². The summed E-state index contributed by atoms with van der Waals surface area (Å²) in [4.78, 5) is 12.3. The molecule has 0 fully saturated rings. The number of benzene rings is 1. The first-order chi connectivity index (χ1) is 9.62. The fourth-order valence-corrected chi connectivity index (χ4v) is 2.17. The summed E-state index contributed by atoms with van der Waals surface area (Å²) < 4.78 is 5.29. The van der Waals surface area contributed by atoms with Crippen molar-refractivity contribution >= 4 is 5.91 Å². The van der Waals surface area contributed by atoms with Gasteiger partial charge in [0.25, 0.3) is 5.91 Å². The van der Waals surface area contributed by atoms with Crippen LogP contribution in [0.4, 0.5) is 0 Å². The minimum absolute atomic E-state index is 0.0727. The van der Waals surface area contributed by atoms with Gasteiger partial charge in [-0.15, -0.1) is 0 Å². The van der Waals surface area contributed by atoms with E-state index in [-0.39, 0.29) is 17.9 Å². The molecule has 0 bridgehead atoms. The quantitative estimate of drug-likeness (QED) is 0.767. The minimum Gasteiger partial charge on any atom is -0.396 e. The van der Waals surface area contributed by atoms with E-state index in [4.69, 9.17) is 4.74 Å². The Kier molecular flexibility index (Phi) is 6.68. The lowest BCUT2D eigenvalue weighted by molar-refractivity contribution is -0.132. The first-order valence-corrected chi connectivity index (χ1v) is 7.08. The van der Waals surface area contributed by atoms with Crippen molar-refractivity contribution in [2.24, 2.45) is 5.41 Å². The number of hydrogen-bond donors (Lipinski definition) is 2. The number of methoxy groups -OCH3 is 1. The zero-order valence-corrected chi connectivity index (χ0v) is 12.6. The Morgan fingerprint density at radius 1 is 1.30 bits per heavy atom. The van der Waals surface area contributed by atoms with E-state index in [1.54, 1.807) is 0 Å². The maximum Gasteiger partial charge on any atom is 0.253 e. The highest BCUT2D eigenvalue weighted by Gasteiger charge is 2.28. The van der Waals surface area contributed by atoms with Gasteiger partial charge in [-0.1, -0.05) is 44.2 Å². The second-order valence-corrected chi connectivity index (χ2v) is 5.11. The van der Waals surface area contributed by atoms with Gasteiger partial charge in [-0.25, -0.2) is 0 Å². The lowest BCUT2D eigenvalue weighted by atomic mass is 9.83. The number of nitrogens with one attached hydrogen (secondary N) is 1. The van der Waals surface area contributed by atoms with Crippen molar-refractivity contribution in [3.8, 4) is 0 Å². The molecule has 1 amide bonds. The van der Waals surface area contributed by atoms with Gasteiger partial charge in [0, 0.05) is 19.1 Å². The zero-order valence-electron chi connectivity index (χ0n) is 12.6. The normalized spacial score (nSPS) is 13.0. The molecule has 1 rings (SSSR count). The second kappa shape index (κ2) is 8.02. The Bertz CT molecular complexity index is 393. The minimum atomic E-state index is -0.610. The predicted molar refractivity (Wildman–Crippen MR) is 79.3 cm³/mol. The molecule has 4 nitrogen and oxygen atoms in total. The molecule has 0 saturated carbocycles. The standard InChI is InChI=1S/C16H25NO3/c1-4-16(5-2,12-18)11-17-15(19)14(20-3)13-9-7-6-8-10-13/h6-10,14,18H,4-5,11-12H2,1-3H3,(H,17,19). The van der Waals surface area contributed by atoms with Crippen LogP contribution in [0.3, 0.4) is 0 Å². The monoisotopic (exact) mass is 279 g/mol. The van der Waals surface area contributed by atoms with E-state index in [0.29, 0.717) is 6.54 Å². The molecule has 0 saturated heterocycles. The summed E-state index contributed by atoms with van der Waals surface area (Å²) in [5.41, 5.74) is 0.583. The van der Waals surface area contributed by atoms with Crippen LogP contribution in [0.5, 0.6) is 0 Å². The van der Waals surface area contributed by atoms with Crippen molar-refractivity contribution in [1.29, 1.82) is 0 Å². The molecule has 20 heavy (non-hydrogen) atoms. The highest BCUT2D eigenvalue weighted by molar-refractivity contribution is 5.82. The Hall–Kier alpha value is -1.39. The topological polar surface area (TPSA) is 58.6 Å². The van der Waals surface area contributed by atoms with Crippen molar-refractivity contribution < 1.29 is 14.6 Å². The van der Waals surface area contributed by atoms with Gasteiger partial charge >= 0.3 is 0 Å². The maximum atomic E-state index is 12.3. The molecule has 1 unspecified atom stereocenters. The number of amides is 1. The van der Waals surface area contributed by atoms with Crippen molar-refractivity contribution in [3.05, 3.63) is 35.9 Å². The van der Waals surface area contributed by atoms with Gasteiger partial charge < -0.3 is 15.2 Å². The third-order valence-electron chi connectivity index (χ3n) is 4.05. The summed E-state index contributed by atoms with van der Waals surface area (Å²) in [6.07, 6.45) is 1.04.